The monoisotopic (exact) mass is 304 g/mol. The highest BCUT2D eigenvalue weighted by Crippen LogP contribution is 2.22. The molecule has 0 radical (unpaired) electrons. The van der Waals surface area contributed by atoms with Crippen LogP contribution in [0.4, 0.5) is 0 Å². The van der Waals surface area contributed by atoms with E-state index >= 15 is 0 Å². The predicted molar refractivity (Wildman–Crippen MR) is 86.0 cm³/mol. The van der Waals surface area contributed by atoms with Crippen molar-refractivity contribution in [2.75, 3.05) is 0 Å². The van der Waals surface area contributed by atoms with Crippen LogP contribution < -0.4 is 0 Å². The molecule has 0 aliphatic heterocycles. The Kier molecular flexibility index (Phi) is 6.83. The lowest BCUT2D eigenvalue weighted by atomic mass is 9.99. The number of aryl methyl sites for hydroxylation is 1. The van der Waals surface area contributed by atoms with Crippen LogP contribution in [0.1, 0.15) is 45.7 Å². The van der Waals surface area contributed by atoms with Crippen molar-refractivity contribution in [3.05, 3.63) is 41.0 Å². The first kappa shape index (κ1) is 18.0. The second-order valence-corrected chi connectivity index (χ2v) is 5.44. The van der Waals surface area contributed by atoms with Crippen LogP contribution in [-0.2, 0) is 25.5 Å². The molecule has 4 nitrogen and oxygen atoms in total. The third-order valence-electron chi connectivity index (χ3n) is 3.21. The van der Waals surface area contributed by atoms with Gasteiger partial charge in [-0.1, -0.05) is 45.0 Å². The van der Waals surface area contributed by atoms with E-state index in [4.69, 9.17) is 9.47 Å². The zero-order chi connectivity index (χ0) is 16.7. The van der Waals surface area contributed by atoms with Gasteiger partial charge in [-0.3, -0.25) is 9.59 Å². The van der Waals surface area contributed by atoms with Crippen molar-refractivity contribution in [2.45, 2.75) is 47.3 Å². The van der Waals surface area contributed by atoms with Crippen molar-refractivity contribution < 1.29 is 19.1 Å². The number of rotatable bonds is 6. The molecule has 0 saturated carbocycles. The Morgan fingerprint density at radius 2 is 1.55 bits per heavy atom. The average Bonchev–Trinajstić information content (AvgIpc) is 2.43. The molecule has 0 saturated heterocycles. The Hall–Kier alpha value is -2.10. The molecule has 0 aromatic heterocycles. The van der Waals surface area contributed by atoms with E-state index in [-0.39, 0.29) is 5.92 Å². The summed E-state index contributed by atoms with van der Waals surface area (Å²) in [5.74, 6) is -0.909. The lowest BCUT2D eigenvalue weighted by Crippen LogP contribution is -2.26. The predicted octanol–water partition coefficient (Wildman–Crippen LogP) is 3.74. The van der Waals surface area contributed by atoms with Gasteiger partial charge in [-0.25, -0.2) is 0 Å². The minimum Gasteiger partial charge on any atom is -0.421 e. The topological polar surface area (TPSA) is 52.6 Å². The number of carbonyl (C=O) groups is 2. The molecule has 120 valence electrons. The first-order valence-electron chi connectivity index (χ1n) is 7.48. The molecular weight excluding hydrogens is 280 g/mol. The van der Waals surface area contributed by atoms with Gasteiger partial charge in [0.05, 0.1) is 0 Å². The fraction of sp³-hybridized carbons (Fsp3) is 0.444. The number of benzene rings is 1. The fourth-order valence-electron chi connectivity index (χ4n) is 2.01. The van der Waals surface area contributed by atoms with E-state index < -0.39 is 18.2 Å². The first-order chi connectivity index (χ1) is 10.3. The first-order valence-corrected chi connectivity index (χ1v) is 7.48. The largest absolute Gasteiger partial charge is 0.421 e. The van der Waals surface area contributed by atoms with Crippen LogP contribution in [0.3, 0.4) is 0 Å². The summed E-state index contributed by atoms with van der Waals surface area (Å²) in [6.07, 6.45) is 1.89. The van der Waals surface area contributed by atoms with E-state index in [1.807, 2.05) is 32.1 Å². The Morgan fingerprint density at radius 1 is 1.05 bits per heavy atom. The highest BCUT2D eigenvalue weighted by Gasteiger charge is 2.23. The number of ether oxygens (including phenoxy) is 2. The summed E-state index contributed by atoms with van der Waals surface area (Å²) in [5.41, 5.74) is 2.97. The summed E-state index contributed by atoms with van der Waals surface area (Å²) < 4.78 is 10.3. The third-order valence-corrected chi connectivity index (χ3v) is 3.21. The number of hydrogen-bond donors (Lipinski definition) is 0. The standard InChI is InChI=1S/C18H24O4/c1-6-15-7-9-16(10-8-15)11-17(12(2)3)18(21-13(4)19)22-14(5)20/h7-12,18H,6H2,1-5H3. The fourth-order valence-corrected chi connectivity index (χ4v) is 2.01. The molecule has 1 aromatic rings. The van der Waals surface area contributed by atoms with Crippen molar-refractivity contribution in [2.24, 2.45) is 5.92 Å². The zero-order valence-corrected chi connectivity index (χ0v) is 13.9. The van der Waals surface area contributed by atoms with Crippen LogP contribution in [0.5, 0.6) is 0 Å². The molecule has 22 heavy (non-hydrogen) atoms. The van der Waals surface area contributed by atoms with Gasteiger partial charge in [-0.05, 0) is 29.5 Å². The van der Waals surface area contributed by atoms with Gasteiger partial charge in [0.15, 0.2) is 0 Å². The van der Waals surface area contributed by atoms with Gasteiger partial charge in [0.2, 0.25) is 0 Å². The van der Waals surface area contributed by atoms with Crippen molar-refractivity contribution in [3.8, 4) is 0 Å². The van der Waals surface area contributed by atoms with Crippen LogP contribution >= 0.6 is 0 Å². The highest BCUT2D eigenvalue weighted by molar-refractivity contribution is 5.69. The molecule has 0 spiro atoms. The van der Waals surface area contributed by atoms with Crippen LogP contribution in [-0.4, -0.2) is 18.2 Å². The molecule has 1 aromatic carbocycles. The quantitative estimate of drug-likeness (QED) is 0.593. The summed E-state index contributed by atoms with van der Waals surface area (Å²) in [6, 6.07) is 8.10. The molecule has 0 atom stereocenters. The maximum absolute atomic E-state index is 11.3. The maximum atomic E-state index is 11.3. The molecule has 0 aliphatic carbocycles. The average molecular weight is 304 g/mol. The third kappa shape index (κ3) is 5.72. The molecule has 0 unspecified atom stereocenters. The van der Waals surface area contributed by atoms with E-state index in [0.29, 0.717) is 0 Å². The normalized spacial score (nSPS) is 11.7. The van der Waals surface area contributed by atoms with E-state index in [2.05, 4.69) is 19.1 Å². The van der Waals surface area contributed by atoms with Gasteiger partial charge in [0.1, 0.15) is 0 Å². The number of esters is 2. The Bertz CT molecular complexity index is 525. The number of carbonyl (C=O) groups excluding carboxylic acids is 2. The van der Waals surface area contributed by atoms with E-state index in [9.17, 15) is 9.59 Å². The number of hydrogen-bond acceptors (Lipinski definition) is 4. The lowest BCUT2D eigenvalue weighted by Gasteiger charge is -2.22. The van der Waals surface area contributed by atoms with Gasteiger partial charge in [0.25, 0.3) is 6.29 Å². The summed E-state index contributed by atoms with van der Waals surface area (Å²) in [5, 5.41) is 0. The maximum Gasteiger partial charge on any atom is 0.305 e. The van der Waals surface area contributed by atoms with Crippen molar-refractivity contribution in [1.82, 2.24) is 0 Å². The molecule has 0 aliphatic rings. The molecular formula is C18H24O4. The Morgan fingerprint density at radius 3 is 1.91 bits per heavy atom. The van der Waals surface area contributed by atoms with Crippen molar-refractivity contribution in [1.29, 1.82) is 0 Å². The minimum absolute atomic E-state index is 0.0644. The van der Waals surface area contributed by atoms with Gasteiger partial charge in [-0.2, -0.15) is 0 Å². The summed E-state index contributed by atoms with van der Waals surface area (Å²) in [6.45, 7) is 8.62. The van der Waals surface area contributed by atoms with Gasteiger partial charge in [0, 0.05) is 19.4 Å². The van der Waals surface area contributed by atoms with Crippen LogP contribution in [0.15, 0.2) is 29.8 Å². The Labute approximate surface area is 132 Å². The molecule has 0 bridgehead atoms. The molecule has 0 N–H and O–H groups in total. The summed E-state index contributed by atoms with van der Waals surface area (Å²) in [4.78, 5) is 22.5. The molecule has 0 fully saturated rings. The molecule has 1 rings (SSSR count). The van der Waals surface area contributed by atoms with Crippen LogP contribution in [0, 0.1) is 5.92 Å². The van der Waals surface area contributed by atoms with E-state index in [0.717, 1.165) is 17.6 Å². The van der Waals surface area contributed by atoms with Crippen LogP contribution in [0.25, 0.3) is 6.08 Å². The van der Waals surface area contributed by atoms with E-state index in [1.54, 1.807) is 0 Å². The zero-order valence-electron chi connectivity index (χ0n) is 13.9. The second kappa shape index (κ2) is 8.37. The Balaban J connectivity index is 3.12. The summed E-state index contributed by atoms with van der Waals surface area (Å²) >= 11 is 0. The molecule has 4 heteroatoms. The van der Waals surface area contributed by atoms with Crippen molar-refractivity contribution >= 4 is 18.0 Å². The molecule has 0 heterocycles. The van der Waals surface area contributed by atoms with E-state index in [1.165, 1.54) is 19.4 Å². The minimum atomic E-state index is -0.985. The smallest absolute Gasteiger partial charge is 0.305 e. The van der Waals surface area contributed by atoms with Gasteiger partial charge >= 0.3 is 11.9 Å². The van der Waals surface area contributed by atoms with Crippen molar-refractivity contribution in [3.63, 3.8) is 0 Å². The highest BCUT2D eigenvalue weighted by atomic mass is 16.7. The molecule has 0 amide bonds. The van der Waals surface area contributed by atoms with Gasteiger partial charge < -0.3 is 9.47 Å². The SMILES string of the molecule is CCc1ccc(C=C(C(C)C)C(OC(C)=O)OC(C)=O)cc1. The lowest BCUT2D eigenvalue weighted by molar-refractivity contribution is -0.178. The summed E-state index contributed by atoms with van der Waals surface area (Å²) in [7, 11) is 0. The van der Waals surface area contributed by atoms with Gasteiger partial charge in [-0.15, -0.1) is 0 Å². The van der Waals surface area contributed by atoms with Crippen LogP contribution in [0.2, 0.25) is 0 Å². The second-order valence-electron chi connectivity index (χ2n) is 5.44.